The molecule has 1 aromatic heterocycles. The molecule has 1 N–H and O–H groups in total. The van der Waals surface area contributed by atoms with Gasteiger partial charge in [0.1, 0.15) is 11.6 Å². The van der Waals surface area contributed by atoms with Gasteiger partial charge in [0, 0.05) is 30.0 Å². The fraction of sp³-hybridized carbons (Fsp3) is 0.600. The quantitative estimate of drug-likeness (QED) is 0.523. The molecule has 0 amide bonds. The molecule has 1 aliphatic carbocycles. The average molecular weight is 481 g/mol. The summed E-state index contributed by atoms with van der Waals surface area (Å²) in [6, 6.07) is 0.0812. The number of allylic oxidation sites excluding steroid dienone is 4. The van der Waals surface area contributed by atoms with Crippen LogP contribution in [-0.4, -0.2) is 52.8 Å². The molecule has 0 bridgehead atoms. The van der Waals surface area contributed by atoms with E-state index in [1.54, 1.807) is 12.2 Å². The fourth-order valence-corrected chi connectivity index (χ4v) is 4.80. The topological polar surface area (TPSA) is 59.5 Å². The Hall–Kier alpha value is -2.55. The lowest BCUT2D eigenvalue weighted by Gasteiger charge is -2.53. The van der Waals surface area contributed by atoms with Crippen molar-refractivity contribution in [2.24, 2.45) is 0 Å². The van der Waals surface area contributed by atoms with E-state index in [-0.39, 0.29) is 40.9 Å². The summed E-state index contributed by atoms with van der Waals surface area (Å²) >= 11 is 0. The van der Waals surface area contributed by atoms with Crippen LogP contribution < -0.4 is 5.32 Å². The SMILES string of the molecule is COC1=C(OC(F)F)CC=C(CCc2ncc(F)c(NC3CC(C)(C)N(C)C(C)(C)C3)n2)C=C1. The molecule has 3 rings (SSSR count). The summed E-state index contributed by atoms with van der Waals surface area (Å²) in [7, 11) is 3.54. The van der Waals surface area contributed by atoms with E-state index in [1.165, 1.54) is 13.3 Å². The highest BCUT2D eigenvalue weighted by Crippen LogP contribution is 2.38. The standard InChI is InChI=1S/C25H35F3N4O2/c1-24(2)13-17(14-25(3,4)32(24)5)30-22-18(26)15-29-21(31-22)12-9-16-7-10-19(33-6)20(11-8-16)34-23(27)28/h7-8,10,15,17,23H,9,11-14H2,1-6H3,(H,29,30,31). The molecule has 1 fully saturated rings. The number of likely N-dealkylation sites (tertiary alicyclic amines) is 1. The van der Waals surface area contributed by atoms with Crippen molar-refractivity contribution >= 4 is 5.82 Å². The number of hydrogen-bond donors (Lipinski definition) is 1. The van der Waals surface area contributed by atoms with Crippen LogP contribution in [0.3, 0.4) is 0 Å². The Balaban J connectivity index is 1.67. The molecule has 0 saturated carbocycles. The predicted molar refractivity (Wildman–Crippen MR) is 126 cm³/mol. The Morgan fingerprint density at radius 1 is 1.15 bits per heavy atom. The van der Waals surface area contributed by atoms with Gasteiger partial charge in [-0.05, 0) is 60.1 Å². The summed E-state index contributed by atoms with van der Waals surface area (Å²) in [6.45, 7) is 5.86. The number of piperidine rings is 1. The minimum atomic E-state index is -2.91. The van der Waals surface area contributed by atoms with Crippen LogP contribution in [0, 0.1) is 5.82 Å². The lowest BCUT2D eigenvalue weighted by molar-refractivity contribution is -0.100. The molecule has 1 saturated heterocycles. The van der Waals surface area contributed by atoms with Crippen LogP contribution in [0.1, 0.15) is 59.2 Å². The van der Waals surface area contributed by atoms with E-state index in [2.05, 4.69) is 59.7 Å². The largest absolute Gasteiger partial charge is 0.493 e. The predicted octanol–water partition coefficient (Wildman–Crippen LogP) is 5.60. The number of nitrogens with zero attached hydrogens (tertiary/aromatic N) is 3. The van der Waals surface area contributed by atoms with Crippen LogP contribution in [0.25, 0.3) is 0 Å². The van der Waals surface area contributed by atoms with Gasteiger partial charge in [-0.15, -0.1) is 0 Å². The monoisotopic (exact) mass is 480 g/mol. The van der Waals surface area contributed by atoms with Crippen molar-refractivity contribution in [3.8, 4) is 0 Å². The van der Waals surface area contributed by atoms with Crippen LogP contribution in [0.15, 0.2) is 41.5 Å². The van der Waals surface area contributed by atoms with Gasteiger partial charge in [0.05, 0.1) is 13.3 Å². The van der Waals surface area contributed by atoms with Crippen molar-refractivity contribution in [1.29, 1.82) is 0 Å². The first kappa shape index (κ1) is 26.1. The van der Waals surface area contributed by atoms with Gasteiger partial charge >= 0.3 is 6.61 Å². The summed E-state index contributed by atoms with van der Waals surface area (Å²) in [4.78, 5) is 11.0. The number of rotatable bonds is 8. The minimum absolute atomic E-state index is 0.0357. The highest BCUT2D eigenvalue weighted by Gasteiger charge is 2.43. The van der Waals surface area contributed by atoms with Gasteiger partial charge in [0.2, 0.25) is 0 Å². The molecule has 1 aliphatic heterocycles. The van der Waals surface area contributed by atoms with Crippen molar-refractivity contribution in [2.75, 3.05) is 19.5 Å². The lowest BCUT2D eigenvalue weighted by Crippen LogP contribution is -2.61. The van der Waals surface area contributed by atoms with E-state index in [0.29, 0.717) is 18.7 Å². The molecule has 2 heterocycles. The Labute approximate surface area is 199 Å². The summed E-state index contributed by atoms with van der Waals surface area (Å²) in [6.07, 6.45) is 9.37. The molecule has 188 valence electrons. The molecule has 0 spiro atoms. The normalized spacial score (nSPS) is 20.8. The number of methoxy groups -OCH3 is 1. The van der Waals surface area contributed by atoms with E-state index in [4.69, 9.17) is 4.74 Å². The van der Waals surface area contributed by atoms with Crippen LogP contribution in [0.5, 0.6) is 0 Å². The van der Waals surface area contributed by atoms with Crippen molar-refractivity contribution < 1.29 is 22.6 Å². The second kappa shape index (κ2) is 10.4. The third kappa shape index (κ3) is 6.31. The fourth-order valence-electron chi connectivity index (χ4n) is 4.80. The molecule has 6 nitrogen and oxygen atoms in total. The summed E-state index contributed by atoms with van der Waals surface area (Å²) < 4.78 is 49.6. The second-order valence-electron chi connectivity index (χ2n) is 10.1. The summed E-state index contributed by atoms with van der Waals surface area (Å²) in [5, 5.41) is 3.31. The van der Waals surface area contributed by atoms with Crippen molar-refractivity contribution in [3.63, 3.8) is 0 Å². The van der Waals surface area contributed by atoms with E-state index in [0.717, 1.165) is 18.4 Å². The number of aryl methyl sites for hydroxylation is 1. The Morgan fingerprint density at radius 2 is 1.82 bits per heavy atom. The zero-order valence-corrected chi connectivity index (χ0v) is 20.8. The van der Waals surface area contributed by atoms with E-state index >= 15 is 0 Å². The summed E-state index contributed by atoms with van der Waals surface area (Å²) in [5.74, 6) is 0.595. The van der Waals surface area contributed by atoms with Crippen molar-refractivity contribution in [2.45, 2.75) is 83.5 Å². The first-order chi connectivity index (χ1) is 15.9. The summed E-state index contributed by atoms with van der Waals surface area (Å²) in [5.41, 5.74) is 0.835. The number of anilines is 1. The van der Waals surface area contributed by atoms with Crippen LogP contribution in [0.2, 0.25) is 0 Å². The van der Waals surface area contributed by atoms with Crippen LogP contribution >= 0.6 is 0 Å². The van der Waals surface area contributed by atoms with Gasteiger partial charge in [-0.25, -0.2) is 14.4 Å². The molecule has 34 heavy (non-hydrogen) atoms. The number of alkyl halides is 2. The Bertz CT molecular complexity index is 955. The molecule has 0 aromatic carbocycles. The zero-order valence-electron chi connectivity index (χ0n) is 20.8. The molecule has 0 radical (unpaired) electrons. The van der Waals surface area contributed by atoms with Gasteiger partial charge in [0.15, 0.2) is 17.4 Å². The first-order valence-corrected chi connectivity index (χ1v) is 11.5. The number of aromatic nitrogens is 2. The number of nitrogens with one attached hydrogen (secondary N) is 1. The van der Waals surface area contributed by atoms with Crippen molar-refractivity contribution in [3.05, 3.63) is 53.2 Å². The maximum Gasteiger partial charge on any atom is 0.387 e. The van der Waals surface area contributed by atoms with Crippen LogP contribution in [0.4, 0.5) is 19.0 Å². The maximum absolute atomic E-state index is 14.5. The molecule has 9 heteroatoms. The van der Waals surface area contributed by atoms with Gasteiger partial charge < -0.3 is 14.8 Å². The number of hydrogen-bond acceptors (Lipinski definition) is 6. The number of halogens is 3. The van der Waals surface area contributed by atoms with Crippen molar-refractivity contribution in [1.82, 2.24) is 14.9 Å². The third-order valence-electron chi connectivity index (χ3n) is 6.80. The first-order valence-electron chi connectivity index (χ1n) is 11.5. The Morgan fingerprint density at radius 3 is 2.44 bits per heavy atom. The maximum atomic E-state index is 14.5. The number of ether oxygens (including phenoxy) is 2. The van der Waals surface area contributed by atoms with E-state index in [9.17, 15) is 13.2 Å². The molecule has 0 atom stereocenters. The average Bonchev–Trinajstić information content (AvgIpc) is 2.93. The molecular weight excluding hydrogens is 445 g/mol. The molecule has 1 aromatic rings. The van der Waals surface area contributed by atoms with Gasteiger partial charge in [0.25, 0.3) is 0 Å². The van der Waals surface area contributed by atoms with E-state index < -0.39 is 12.4 Å². The lowest BCUT2D eigenvalue weighted by atomic mass is 9.77. The van der Waals surface area contributed by atoms with Crippen LogP contribution in [-0.2, 0) is 15.9 Å². The van der Waals surface area contributed by atoms with E-state index in [1.807, 2.05) is 6.08 Å². The highest BCUT2D eigenvalue weighted by molar-refractivity contribution is 5.38. The smallest absolute Gasteiger partial charge is 0.387 e. The van der Waals surface area contributed by atoms with Gasteiger partial charge in [-0.1, -0.05) is 17.7 Å². The second-order valence-corrected chi connectivity index (χ2v) is 10.1. The minimum Gasteiger partial charge on any atom is -0.493 e. The molecule has 0 unspecified atom stereocenters. The highest BCUT2D eigenvalue weighted by atomic mass is 19.3. The third-order valence-corrected chi connectivity index (χ3v) is 6.80. The zero-order chi connectivity index (χ0) is 25.1. The van der Waals surface area contributed by atoms with Gasteiger partial charge in [-0.2, -0.15) is 8.78 Å². The molecular formula is C25H35F3N4O2. The Kier molecular flexibility index (Phi) is 7.95. The van der Waals surface area contributed by atoms with Gasteiger partial charge in [-0.3, -0.25) is 4.90 Å². The molecule has 2 aliphatic rings.